The van der Waals surface area contributed by atoms with Crippen LogP contribution in [0.15, 0.2) is 0 Å². The summed E-state index contributed by atoms with van der Waals surface area (Å²) in [7, 11) is 0. The Morgan fingerprint density at radius 2 is 1.53 bits per heavy atom. The van der Waals surface area contributed by atoms with Crippen LogP contribution in [0.25, 0.3) is 0 Å². The fraction of sp³-hybridized carbons (Fsp3) is 0.364. The Bertz CT molecular complexity index is 466. The summed E-state index contributed by atoms with van der Waals surface area (Å²) in [5.74, 6) is -0.346. The average Bonchev–Trinajstić information content (AvgIpc) is 2.47. The fourth-order valence-corrected chi connectivity index (χ4v) is 4.86. The summed E-state index contributed by atoms with van der Waals surface area (Å²) in [6, 6.07) is 0. The number of rotatable bonds is 0. The molecule has 0 atom stereocenters. The van der Waals surface area contributed by atoms with Gasteiger partial charge < -0.3 is 0 Å². The quantitative estimate of drug-likeness (QED) is 0.748. The molecule has 0 aromatic heterocycles. The van der Waals surface area contributed by atoms with Crippen molar-refractivity contribution in [2.45, 2.75) is 27.7 Å². The van der Waals surface area contributed by atoms with E-state index >= 15 is 0 Å². The van der Waals surface area contributed by atoms with E-state index in [4.69, 9.17) is 3.07 Å². The Morgan fingerprint density at radius 1 is 1.00 bits per heavy atom. The van der Waals surface area contributed by atoms with Crippen molar-refractivity contribution in [2.24, 2.45) is 0 Å². The second-order valence-electron chi connectivity index (χ2n) is 3.78. The molecule has 1 aromatic rings. The van der Waals surface area contributed by atoms with E-state index in [1.807, 2.05) is 27.7 Å². The summed E-state index contributed by atoms with van der Waals surface area (Å²) in [6.07, 6.45) is 0. The number of carbonyl (C=O) groups excluding carboxylic acids is 1. The van der Waals surface area contributed by atoms with Crippen molar-refractivity contribution < 1.29 is 11.3 Å². The Hall–Kier alpha value is -0.620. The molecule has 15 heavy (non-hydrogen) atoms. The predicted octanol–water partition coefficient (Wildman–Crippen LogP) is 2.59. The Labute approximate surface area is 96.9 Å². The predicted molar refractivity (Wildman–Crippen MR) is 65.7 cm³/mol. The standard InChI is InChI=1S/C11H13IO3/c1-5-6(2)8(4)10-9(7(5)3)11(13)15-12(10)14/h14H,1-4H3. The van der Waals surface area contributed by atoms with Gasteiger partial charge in [0.05, 0.1) is 0 Å². The van der Waals surface area contributed by atoms with E-state index in [0.717, 1.165) is 25.8 Å². The van der Waals surface area contributed by atoms with Crippen LogP contribution in [0.4, 0.5) is 0 Å². The first-order valence-corrected chi connectivity index (χ1v) is 7.59. The van der Waals surface area contributed by atoms with E-state index < -0.39 is 20.6 Å². The van der Waals surface area contributed by atoms with Crippen molar-refractivity contribution in [3.05, 3.63) is 31.4 Å². The van der Waals surface area contributed by atoms with Crippen LogP contribution in [0.3, 0.4) is 0 Å². The van der Waals surface area contributed by atoms with E-state index in [-0.39, 0.29) is 5.97 Å². The van der Waals surface area contributed by atoms with E-state index in [0.29, 0.717) is 5.56 Å². The normalized spacial score (nSPS) is 16.6. The van der Waals surface area contributed by atoms with Crippen LogP contribution in [0.1, 0.15) is 32.6 Å². The Balaban J connectivity index is 2.86. The van der Waals surface area contributed by atoms with Gasteiger partial charge in [-0.2, -0.15) is 0 Å². The van der Waals surface area contributed by atoms with Crippen LogP contribution in [0.5, 0.6) is 0 Å². The molecule has 4 heteroatoms. The summed E-state index contributed by atoms with van der Waals surface area (Å²) < 4.78 is 15.6. The van der Waals surface area contributed by atoms with Crippen LogP contribution in [-0.2, 0) is 3.07 Å². The molecule has 0 saturated carbocycles. The molecular formula is C11H13IO3. The van der Waals surface area contributed by atoms with Gasteiger partial charge in [-0.1, -0.05) is 0 Å². The number of fused-ring (bicyclic) bond motifs is 1. The van der Waals surface area contributed by atoms with E-state index in [2.05, 4.69) is 0 Å². The summed E-state index contributed by atoms with van der Waals surface area (Å²) in [5.41, 5.74) is 4.86. The van der Waals surface area contributed by atoms with Gasteiger partial charge in [-0.3, -0.25) is 0 Å². The zero-order chi connectivity index (χ0) is 11.3. The molecule has 3 nitrogen and oxygen atoms in total. The van der Waals surface area contributed by atoms with Gasteiger partial charge in [0.25, 0.3) is 0 Å². The van der Waals surface area contributed by atoms with Gasteiger partial charge in [-0.15, -0.1) is 0 Å². The Morgan fingerprint density at radius 3 is 2.13 bits per heavy atom. The molecule has 2 rings (SSSR count). The maximum absolute atomic E-state index is 11.6. The Kier molecular flexibility index (Phi) is 2.50. The summed E-state index contributed by atoms with van der Waals surface area (Å²) >= 11 is -2.65. The third-order valence-corrected chi connectivity index (χ3v) is 6.21. The molecule has 1 aliphatic rings. The zero-order valence-electron chi connectivity index (χ0n) is 9.14. The molecule has 0 amide bonds. The van der Waals surface area contributed by atoms with Gasteiger partial charge >= 0.3 is 97.0 Å². The van der Waals surface area contributed by atoms with E-state index in [9.17, 15) is 8.23 Å². The first-order chi connectivity index (χ1) is 6.95. The number of carbonyl (C=O) groups is 1. The second kappa shape index (κ2) is 3.45. The average molecular weight is 320 g/mol. The number of hydrogen-bond acceptors (Lipinski definition) is 3. The van der Waals surface area contributed by atoms with Gasteiger partial charge in [-0.05, 0) is 0 Å². The minimum absolute atomic E-state index is 0.346. The van der Waals surface area contributed by atoms with Crippen LogP contribution in [0.2, 0.25) is 0 Å². The molecule has 0 spiro atoms. The summed E-state index contributed by atoms with van der Waals surface area (Å²) in [4.78, 5) is 11.6. The van der Waals surface area contributed by atoms with Crippen molar-refractivity contribution in [3.63, 3.8) is 0 Å². The molecule has 1 heterocycles. The van der Waals surface area contributed by atoms with Crippen molar-refractivity contribution in [3.8, 4) is 0 Å². The van der Waals surface area contributed by atoms with Crippen molar-refractivity contribution in [1.82, 2.24) is 0 Å². The van der Waals surface area contributed by atoms with Crippen molar-refractivity contribution >= 4 is 26.6 Å². The number of benzene rings is 1. The van der Waals surface area contributed by atoms with Gasteiger partial charge in [0.2, 0.25) is 0 Å². The van der Waals surface area contributed by atoms with Crippen molar-refractivity contribution in [1.29, 1.82) is 0 Å². The molecule has 0 unspecified atom stereocenters. The monoisotopic (exact) mass is 320 g/mol. The molecule has 0 aliphatic carbocycles. The SMILES string of the molecule is Cc1c(C)c(C)c2c(c1C)C(=O)OI2O. The number of halogens is 1. The maximum atomic E-state index is 11.6. The van der Waals surface area contributed by atoms with Crippen LogP contribution < -0.4 is 0 Å². The van der Waals surface area contributed by atoms with Gasteiger partial charge in [0.1, 0.15) is 0 Å². The molecule has 1 aromatic carbocycles. The minimum atomic E-state index is -2.65. The van der Waals surface area contributed by atoms with Gasteiger partial charge in [0.15, 0.2) is 0 Å². The zero-order valence-corrected chi connectivity index (χ0v) is 11.3. The van der Waals surface area contributed by atoms with Gasteiger partial charge in [0, 0.05) is 0 Å². The third kappa shape index (κ3) is 1.38. The van der Waals surface area contributed by atoms with Crippen LogP contribution in [0, 0.1) is 31.3 Å². The van der Waals surface area contributed by atoms with Crippen LogP contribution in [-0.4, -0.2) is 9.41 Å². The molecule has 82 valence electrons. The molecule has 0 radical (unpaired) electrons. The first-order valence-electron chi connectivity index (χ1n) is 4.67. The summed E-state index contributed by atoms with van der Waals surface area (Å²) in [6.45, 7) is 7.88. The molecule has 0 fully saturated rings. The molecule has 1 aliphatic heterocycles. The molecule has 0 bridgehead atoms. The molecule has 1 N–H and O–H groups in total. The summed E-state index contributed by atoms with van der Waals surface area (Å²) in [5, 5.41) is 0. The molecule has 0 saturated heterocycles. The van der Waals surface area contributed by atoms with E-state index in [1.165, 1.54) is 0 Å². The fourth-order valence-electron chi connectivity index (χ4n) is 1.86. The van der Waals surface area contributed by atoms with Crippen molar-refractivity contribution in [2.75, 3.05) is 0 Å². The topological polar surface area (TPSA) is 46.5 Å². The van der Waals surface area contributed by atoms with Crippen LogP contribution >= 0.6 is 20.6 Å². The van der Waals surface area contributed by atoms with E-state index in [1.54, 1.807) is 0 Å². The third-order valence-electron chi connectivity index (χ3n) is 3.12. The first kappa shape index (κ1) is 10.9. The number of hydrogen-bond donors (Lipinski definition) is 1. The second-order valence-corrected chi connectivity index (χ2v) is 6.62. The molecular weight excluding hydrogens is 307 g/mol. The van der Waals surface area contributed by atoms with Gasteiger partial charge in [-0.25, -0.2) is 0 Å².